The average molecular weight is 184 g/mol. The molecule has 0 aromatic heterocycles. The molecule has 68 valence electrons. The Morgan fingerprint density at radius 2 is 2.42 bits per heavy atom. The first-order valence-electron chi connectivity index (χ1n) is 4.84. The minimum absolute atomic E-state index is 0.529. The fourth-order valence-corrected chi connectivity index (χ4v) is 3.55. The van der Waals surface area contributed by atoms with Gasteiger partial charge in [0.15, 0.2) is 0 Å². The van der Waals surface area contributed by atoms with Crippen LogP contribution in [0.5, 0.6) is 0 Å². The van der Waals surface area contributed by atoms with Gasteiger partial charge in [0, 0.05) is 17.1 Å². The SMILES string of the molecule is CCOC1CCC2C=CCC1S2. The Balaban J connectivity index is 1.97. The number of allylic oxidation sites excluding steroid dienone is 1. The van der Waals surface area contributed by atoms with Crippen LogP contribution in [0.4, 0.5) is 0 Å². The van der Waals surface area contributed by atoms with Crippen LogP contribution in [0.3, 0.4) is 0 Å². The molecule has 1 saturated heterocycles. The second-order valence-corrected chi connectivity index (χ2v) is 4.93. The van der Waals surface area contributed by atoms with Crippen LogP contribution < -0.4 is 0 Å². The van der Waals surface area contributed by atoms with Crippen molar-refractivity contribution in [1.29, 1.82) is 0 Å². The van der Waals surface area contributed by atoms with Gasteiger partial charge in [-0.15, -0.1) is 11.8 Å². The second-order valence-electron chi connectivity index (χ2n) is 3.45. The maximum absolute atomic E-state index is 5.71. The molecule has 0 saturated carbocycles. The summed E-state index contributed by atoms with van der Waals surface area (Å²) in [6.45, 7) is 2.96. The van der Waals surface area contributed by atoms with E-state index in [2.05, 4.69) is 30.8 Å². The summed E-state index contributed by atoms with van der Waals surface area (Å²) >= 11 is 2.11. The van der Waals surface area contributed by atoms with Gasteiger partial charge >= 0.3 is 0 Å². The largest absolute Gasteiger partial charge is 0.377 e. The molecule has 12 heavy (non-hydrogen) atoms. The molecule has 0 aromatic rings. The Morgan fingerprint density at radius 1 is 1.50 bits per heavy atom. The van der Waals surface area contributed by atoms with Gasteiger partial charge in [-0.05, 0) is 26.2 Å². The highest BCUT2D eigenvalue weighted by molar-refractivity contribution is 8.00. The highest BCUT2D eigenvalue weighted by Crippen LogP contribution is 2.39. The van der Waals surface area contributed by atoms with Crippen LogP contribution >= 0.6 is 11.8 Å². The summed E-state index contributed by atoms with van der Waals surface area (Å²) in [6, 6.07) is 0. The lowest BCUT2D eigenvalue weighted by Crippen LogP contribution is -2.34. The monoisotopic (exact) mass is 184 g/mol. The van der Waals surface area contributed by atoms with Gasteiger partial charge in [-0.2, -0.15) is 0 Å². The third-order valence-corrected chi connectivity index (χ3v) is 4.19. The lowest BCUT2D eigenvalue weighted by Gasteiger charge is -2.36. The summed E-state index contributed by atoms with van der Waals surface area (Å²) in [5.41, 5.74) is 0. The summed E-state index contributed by atoms with van der Waals surface area (Å²) in [5.74, 6) is 0. The molecule has 3 unspecified atom stereocenters. The minimum Gasteiger partial charge on any atom is -0.377 e. The van der Waals surface area contributed by atoms with Gasteiger partial charge in [-0.3, -0.25) is 0 Å². The van der Waals surface area contributed by atoms with E-state index in [-0.39, 0.29) is 0 Å². The number of hydrogen-bond donors (Lipinski definition) is 0. The Bertz CT molecular complexity index is 179. The summed E-state index contributed by atoms with van der Waals surface area (Å²) < 4.78 is 5.71. The predicted molar refractivity (Wildman–Crippen MR) is 53.6 cm³/mol. The zero-order valence-electron chi connectivity index (χ0n) is 7.53. The summed E-state index contributed by atoms with van der Waals surface area (Å²) in [6.07, 6.45) is 9.01. The molecule has 2 bridgehead atoms. The minimum atomic E-state index is 0.529. The molecular formula is C10H16OS. The lowest BCUT2D eigenvalue weighted by molar-refractivity contribution is 0.0509. The van der Waals surface area contributed by atoms with Crippen molar-refractivity contribution < 1.29 is 4.74 Å². The topological polar surface area (TPSA) is 9.23 Å². The van der Waals surface area contributed by atoms with Crippen LogP contribution in [0.15, 0.2) is 12.2 Å². The Labute approximate surface area is 78.6 Å². The summed E-state index contributed by atoms with van der Waals surface area (Å²) in [4.78, 5) is 0. The van der Waals surface area contributed by atoms with Crippen molar-refractivity contribution in [2.75, 3.05) is 6.61 Å². The fourth-order valence-electron chi connectivity index (χ4n) is 2.01. The summed E-state index contributed by atoms with van der Waals surface area (Å²) in [5, 5.41) is 1.54. The number of fused-ring (bicyclic) bond motifs is 2. The van der Waals surface area contributed by atoms with Crippen molar-refractivity contribution in [3.8, 4) is 0 Å². The van der Waals surface area contributed by atoms with Crippen molar-refractivity contribution in [3.63, 3.8) is 0 Å². The van der Waals surface area contributed by atoms with Crippen molar-refractivity contribution in [1.82, 2.24) is 0 Å². The van der Waals surface area contributed by atoms with E-state index in [0.29, 0.717) is 6.10 Å². The van der Waals surface area contributed by atoms with E-state index >= 15 is 0 Å². The molecular weight excluding hydrogens is 168 g/mol. The van der Waals surface area contributed by atoms with Crippen LogP contribution in [0.25, 0.3) is 0 Å². The molecule has 0 aliphatic carbocycles. The van der Waals surface area contributed by atoms with Crippen LogP contribution in [0.1, 0.15) is 26.2 Å². The van der Waals surface area contributed by atoms with Gasteiger partial charge in [0.2, 0.25) is 0 Å². The summed E-state index contributed by atoms with van der Waals surface area (Å²) in [7, 11) is 0. The smallest absolute Gasteiger partial charge is 0.0697 e. The van der Waals surface area contributed by atoms with E-state index in [4.69, 9.17) is 4.74 Å². The van der Waals surface area contributed by atoms with Crippen LogP contribution in [-0.2, 0) is 4.74 Å². The molecule has 2 aliphatic rings. The molecule has 0 N–H and O–H groups in total. The predicted octanol–water partition coefficient (Wildman–Crippen LogP) is 2.62. The first-order valence-corrected chi connectivity index (χ1v) is 5.78. The van der Waals surface area contributed by atoms with Crippen molar-refractivity contribution in [3.05, 3.63) is 12.2 Å². The average Bonchev–Trinajstić information content (AvgIpc) is 2.11. The van der Waals surface area contributed by atoms with Gasteiger partial charge in [0.25, 0.3) is 0 Å². The van der Waals surface area contributed by atoms with Crippen LogP contribution in [-0.4, -0.2) is 23.2 Å². The Morgan fingerprint density at radius 3 is 3.25 bits per heavy atom. The van der Waals surface area contributed by atoms with Crippen molar-refractivity contribution >= 4 is 11.8 Å². The third-order valence-electron chi connectivity index (χ3n) is 2.60. The first-order chi connectivity index (χ1) is 5.90. The van der Waals surface area contributed by atoms with E-state index in [9.17, 15) is 0 Å². The molecule has 2 rings (SSSR count). The van der Waals surface area contributed by atoms with Gasteiger partial charge in [-0.1, -0.05) is 12.2 Å². The number of ether oxygens (including phenoxy) is 1. The number of rotatable bonds is 2. The molecule has 1 fully saturated rings. The first kappa shape index (κ1) is 8.64. The van der Waals surface area contributed by atoms with E-state index in [1.807, 2.05) is 0 Å². The van der Waals surface area contributed by atoms with Crippen LogP contribution in [0.2, 0.25) is 0 Å². The highest BCUT2D eigenvalue weighted by atomic mass is 32.2. The number of thioether (sulfide) groups is 1. The standard InChI is InChI=1S/C10H16OS/c1-2-11-9-7-6-8-4-3-5-10(9)12-8/h3-4,8-10H,2,5-7H2,1H3. The Kier molecular flexibility index (Phi) is 2.76. The van der Waals surface area contributed by atoms with Gasteiger partial charge in [0.05, 0.1) is 6.10 Å². The lowest BCUT2D eigenvalue weighted by atomic mass is 10.0. The van der Waals surface area contributed by atoms with Gasteiger partial charge < -0.3 is 4.74 Å². The molecule has 0 amide bonds. The molecule has 0 radical (unpaired) electrons. The molecule has 0 spiro atoms. The van der Waals surface area contributed by atoms with E-state index in [0.717, 1.165) is 17.1 Å². The van der Waals surface area contributed by atoms with Gasteiger partial charge in [-0.25, -0.2) is 0 Å². The van der Waals surface area contributed by atoms with Gasteiger partial charge in [0.1, 0.15) is 0 Å². The maximum atomic E-state index is 5.71. The van der Waals surface area contributed by atoms with E-state index in [1.54, 1.807) is 0 Å². The highest BCUT2D eigenvalue weighted by Gasteiger charge is 2.31. The maximum Gasteiger partial charge on any atom is 0.0697 e. The molecule has 1 nitrogen and oxygen atoms in total. The van der Waals surface area contributed by atoms with E-state index in [1.165, 1.54) is 19.3 Å². The molecule has 2 aliphatic heterocycles. The Hall–Kier alpha value is 0.0500. The second kappa shape index (κ2) is 3.84. The van der Waals surface area contributed by atoms with Crippen molar-refractivity contribution in [2.45, 2.75) is 42.8 Å². The quantitative estimate of drug-likeness (QED) is 0.610. The van der Waals surface area contributed by atoms with E-state index < -0.39 is 0 Å². The molecule has 2 heterocycles. The third kappa shape index (κ3) is 1.69. The zero-order valence-corrected chi connectivity index (χ0v) is 8.35. The van der Waals surface area contributed by atoms with Crippen molar-refractivity contribution in [2.24, 2.45) is 0 Å². The molecule has 2 heteroatoms. The van der Waals surface area contributed by atoms with Crippen LogP contribution in [0, 0.1) is 0 Å². The molecule has 0 aromatic carbocycles. The normalized spacial score (nSPS) is 39.9. The zero-order chi connectivity index (χ0) is 8.39. The number of hydrogen-bond acceptors (Lipinski definition) is 2. The fraction of sp³-hybridized carbons (Fsp3) is 0.800. The molecule has 3 atom stereocenters.